The van der Waals surface area contributed by atoms with Gasteiger partial charge in [-0.1, -0.05) is 12.1 Å². The minimum absolute atomic E-state index is 0.508. The van der Waals surface area contributed by atoms with Gasteiger partial charge in [-0.05, 0) is 31.2 Å². The van der Waals surface area contributed by atoms with E-state index in [0.717, 1.165) is 29.1 Å². The lowest BCUT2D eigenvalue weighted by molar-refractivity contribution is 0.146. The molecule has 3 rings (SSSR count). The largest absolute Gasteiger partial charge is 0.489 e. The van der Waals surface area contributed by atoms with Crippen LogP contribution in [0.3, 0.4) is 0 Å². The van der Waals surface area contributed by atoms with Crippen molar-refractivity contribution in [2.75, 3.05) is 27.4 Å². The van der Waals surface area contributed by atoms with Crippen molar-refractivity contribution in [1.82, 2.24) is 19.9 Å². The van der Waals surface area contributed by atoms with Crippen molar-refractivity contribution >= 4 is 5.52 Å². The molecule has 0 fully saturated rings. The van der Waals surface area contributed by atoms with E-state index in [1.165, 1.54) is 11.1 Å². The first-order chi connectivity index (χ1) is 11.7. The molecule has 6 heteroatoms. The Hall–Kier alpha value is -2.44. The Morgan fingerprint density at radius 2 is 2.08 bits per heavy atom. The summed E-state index contributed by atoms with van der Waals surface area (Å²) in [4.78, 5) is 4.48. The van der Waals surface area contributed by atoms with E-state index in [-0.39, 0.29) is 0 Å². The monoisotopic (exact) mass is 326 g/mol. The third-order valence-electron chi connectivity index (χ3n) is 3.92. The van der Waals surface area contributed by atoms with Crippen LogP contribution in [-0.4, -0.2) is 42.0 Å². The Bertz CT molecular complexity index is 829. The molecule has 0 aliphatic heterocycles. The Labute approximate surface area is 141 Å². The number of nitrogens with one attached hydrogen (secondary N) is 1. The summed E-state index contributed by atoms with van der Waals surface area (Å²) >= 11 is 0. The maximum atomic E-state index is 5.68. The Morgan fingerprint density at radius 1 is 1.21 bits per heavy atom. The first-order valence-corrected chi connectivity index (χ1v) is 7.92. The number of ether oxygens (including phenoxy) is 2. The third-order valence-corrected chi connectivity index (χ3v) is 3.92. The molecule has 0 spiro atoms. The van der Waals surface area contributed by atoms with Crippen LogP contribution in [0, 0.1) is 6.92 Å². The van der Waals surface area contributed by atoms with E-state index in [1.807, 2.05) is 19.3 Å². The van der Waals surface area contributed by atoms with Crippen molar-refractivity contribution in [2.45, 2.75) is 13.5 Å². The molecule has 0 unspecified atom stereocenters. The molecule has 24 heavy (non-hydrogen) atoms. The van der Waals surface area contributed by atoms with Crippen LogP contribution in [0.15, 0.2) is 36.8 Å². The summed E-state index contributed by atoms with van der Waals surface area (Å²) in [6.07, 6.45) is 3.43. The highest BCUT2D eigenvalue weighted by Gasteiger charge is 2.11. The van der Waals surface area contributed by atoms with Crippen LogP contribution in [0.5, 0.6) is 5.75 Å². The second kappa shape index (κ2) is 7.42. The van der Waals surface area contributed by atoms with E-state index in [9.17, 15) is 0 Å². The van der Waals surface area contributed by atoms with Crippen LogP contribution in [0.1, 0.15) is 11.1 Å². The zero-order valence-corrected chi connectivity index (χ0v) is 14.2. The van der Waals surface area contributed by atoms with Gasteiger partial charge in [0.05, 0.1) is 24.0 Å². The summed E-state index contributed by atoms with van der Waals surface area (Å²) in [6, 6.07) is 8.36. The molecule has 3 aromatic rings. The van der Waals surface area contributed by atoms with Gasteiger partial charge in [-0.25, -0.2) is 9.50 Å². The summed E-state index contributed by atoms with van der Waals surface area (Å²) in [5.41, 5.74) is 5.41. The van der Waals surface area contributed by atoms with E-state index in [2.05, 4.69) is 40.5 Å². The number of hydrogen-bond acceptors (Lipinski definition) is 5. The van der Waals surface area contributed by atoms with Gasteiger partial charge < -0.3 is 14.8 Å². The Kier molecular flexibility index (Phi) is 5.08. The predicted molar refractivity (Wildman–Crippen MR) is 93.3 cm³/mol. The first kappa shape index (κ1) is 16.4. The second-order valence-corrected chi connectivity index (χ2v) is 5.63. The number of hydrogen-bond donors (Lipinski definition) is 1. The van der Waals surface area contributed by atoms with Gasteiger partial charge in [0.2, 0.25) is 0 Å². The Morgan fingerprint density at radius 3 is 2.83 bits per heavy atom. The van der Waals surface area contributed by atoms with Crippen LogP contribution in [0.4, 0.5) is 0 Å². The van der Waals surface area contributed by atoms with Crippen molar-refractivity contribution in [3.63, 3.8) is 0 Å². The molecule has 0 atom stereocenters. The summed E-state index contributed by atoms with van der Waals surface area (Å²) in [7, 11) is 3.61. The highest BCUT2D eigenvalue weighted by Crippen LogP contribution is 2.27. The average molecular weight is 326 g/mol. The minimum Gasteiger partial charge on any atom is -0.489 e. The van der Waals surface area contributed by atoms with E-state index in [1.54, 1.807) is 18.0 Å². The molecule has 0 saturated carbocycles. The number of benzene rings is 1. The number of aryl methyl sites for hydroxylation is 1. The van der Waals surface area contributed by atoms with Gasteiger partial charge in [0.25, 0.3) is 0 Å². The zero-order valence-electron chi connectivity index (χ0n) is 14.2. The topological polar surface area (TPSA) is 60.7 Å². The molecule has 0 amide bonds. The van der Waals surface area contributed by atoms with Gasteiger partial charge in [0.1, 0.15) is 18.7 Å². The number of fused-ring (bicyclic) bond motifs is 1. The van der Waals surface area contributed by atoms with Crippen molar-refractivity contribution < 1.29 is 9.47 Å². The van der Waals surface area contributed by atoms with Crippen LogP contribution in [0.2, 0.25) is 0 Å². The lowest BCUT2D eigenvalue weighted by Crippen LogP contribution is -2.06. The third kappa shape index (κ3) is 3.39. The van der Waals surface area contributed by atoms with E-state index in [0.29, 0.717) is 13.2 Å². The van der Waals surface area contributed by atoms with Crippen molar-refractivity contribution in [3.8, 4) is 17.0 Å². The van der Waals surface area contributed by atoms with Gasteiger partial charge in [-0.15, -0.1) is 0 Å². The van der Waals surface area contributed by atoms with Gasteiger partial charge in [0, 0.05) is 25.3 Å². The SMILES string of the molecule is CNCc1ccc(-c2ncnn3cc(OCCOC)cc23)cc1C. The van der Waals surface area contributed by atoms with Crippen LogP contribution in [-0.2, 0) is 11.3 Å². The molecule has 0 radical (unpaired) electrons. The molecule has 1 aromatic carbocycles. The van der Waals surface area contributed by atoms with Crippen molar-refractivity contribution in [2.24, 2.45) is 0 Å². The van der Waals surface area contributed by atoms with Crippen LogP contribution in [0.25, 0.3) is 16.8 Å². The molecule has 2 aromatic heterocycles. The van der Waals surface area contributed by atoms with E-state index in [4.69, 9.17) is 9.47 Å². The van der Waals surface area contributed by atoms with Crippen LogP contribution >= 0.6 is 0 Å². The molecule has 6 nitrogen and oxygen atoms in total. The van der Waals surface area contributed by atoms with E-state index >= 15 is 0 Å². The highest BCUT2D eigenvalue weighted by atomic mass is 16.5. The van der Waals surface area contributed by atoms with Crippen molar-refractivity contribution in [1.29, 1.82) is 0 Å². The summed E-state index contributed by atoms with van der Waals surface area (Å²) in [5, 5.41) is 7.45. The van der Waals surface area contributed by atoms with Gasteiger partial charge in [0.15, 0.2) is 0 Å². The fourth-order valence-corrected chi connectivity index (χ4v) is 2.68. The summed E-state index contributed by atoms with van der Waals surface area (Å²) in [6.45, 7) is 4.03. The lowest BCUT2D eigenvalue weighted by Gasteiger charge is -2.08. The molecule has 2 heterocycles. The zero-order chi connectivity index (χ0) is 16.9. The fraction of sp³-hybridized carbons (Fsp3) is 0.333. The van der Waals surface area contributed by atoms with Gasteiger partial charge >= 0.3 is 0 Å². The standard InChI is InChI=1S/C18H22N4O2/c1-13-8-14(4-5-15(13)10-19-2)18-17-9-16(24-7-6-23-3)11-22(17)21-12-20-18/h4-5,8-9,11-12,19H,6-7,10H2,1-3H3. The van der Waals surface area contributed by atoms with E-state index < -0.39 is 0 Å². The Balaban J connectivity index is 1.95. The maximum Gasteiger partial charge on any atom is 0.139 e. The predicted octanol–water partition coefficient (Wildman–Crippen LogP) is 2.45. The molecule has 126 valence electrons. The number of methoxy groups -OCH3 is 1. The molecule has 1 N–H and O–H groups in total. The number of nitrogens with zero attached hydrogens (tertiary/aromatic N) is 3. The number of aromatic nitrogens is 3. The molecular weight excluding hydrogens is 304 g/mol. The fourth-order valence-electron chi connectivity index (χ4n) is 2.68. The summed E-state index contributed by atoms with van der Waals surface area (Å²) < 4.78 is 12.5. The first-order valence-electron chi connectivity index (χ1n) is 7.92. The highest BCUT2D eigenvalue weighted by molar-refractivity contribution is 5.78. The summed E-state index contributed by atoms with van der Waals surface area (Å²) in [5.74, 6) is 0.761. The molecule has 0 saturated heterocycles. The molecule has 0 aliphatic rings. The molecule has 0 aliphatic carbocycles. The lowest BCUT2D eigenvalue weighted by atomic mass is 10.0. The second-order valence-electron chi connectivity index (χ2n) is 5.63. The number of rotatable bonds is 7. The van der Waals surface area contributed by atoms with Crippen LogP contribution < -0.4 is 10.1 Å². The smallest absolute Gasteiger partial charge is 0.139 e. The quantitative estimate of drug-likeness (QED) is 0.676. The molecule has 0 bridgehead atoms. The maximum absolute atomic E-state index is 5.68. The normalized spacial score (nSPS) is 11.1. The van der Waals surface area contributed by atoms with Crippen molar-refractivity contribution in [3.05, 3.63) is 47.9 Å². The average Bonchev–Trinajstić information content (AvgIpc) is 3.00. The van der Waals surface area contributed by atoms with Gasteiger partial charge in [-0.3, -0.25) is 0 Å². The minimum atomic E-state index is 0.508. The van der Waals surface area contributed by atoms with Gasteiger partial charge in [-0.2, -0.15) is 5.10 Å². The molecular formula is C18H22N4O2.